The number of esters is 1. The largest absolute Gasteiger partial charge is 0.508 e. The molecular weight excluding hydrogens is 496 g/mol. The topological polar surface area (TPSA) is 54.7 Å². The van der Waals surface area contributed by atoms with Gasteiger partial charge in [0.25, 0.3) is 0 Å². The average molecular weight is 525 g/mol. The Morgan fingerprint density at radius 2 is 1.74 bits per heavy atom. The van der Waals surface area contributed by atoms with E-state index in [1.807, 2.05) is 74.8 Å². The number of carbonyl (C=O) groups excluding carboxylic acids is 1. The van der Waals surface area contributed by atoms with E-state index in [-0.39, 0.29) is 18.1 Å². The van der Waals surface area contributed by atoms with Crippen LogP contribution in [-0.4, -0.2) is 29.3 Å². The number of ether oxygens (including phenoxy) is 1. The molecule has 0 saturated carbocycles. The van der Waals surface area contributed by atoms with Crippen LogP contribution in [0.3, 0.4) is 0 Å². The van der Waals surface area contributed by atoms with Crippen molar-refractivity contribution < 1.29 is 14.6 Å². The van der Waals surface area contributed by atoms with E-state index in [0.717, 1.165) is 44.5 Å². The summed E-state index contributed by atoms with van der Waals surface area (Å²) in [5, 5.41) is 11.7. The summed E-state index contributed by atoms with van der Waals surface area (Å²) in [5.41, 5.74) is 6.92. The normalized spacial score (nSPS) is 11.0. The van der Waals surface area contributed by atoms with Gasteiger partial charge in [-0.15, -0.1) is 0 Å². The third-order valence-corrected chi connectivity index (χ3v) is 6.97. The van der Waals surface area contributed by atoms with Crippen molar-refractivity contribution in [3.05, 3.63) is 113 Å². The number of aromatic nitrogens is 1. The lowest BCUT2D eigenvalue weighted by Crippen LogP contribution is -2.10. The standard InChI is InChI=1S/C32H29ClN2O3/c1-3-38-32(37)19-25-21-35(31-18-24(14-15-28(25)31)23-9-7-11-27(36)17-23)20-22-8-6-10-26(16-22)34(2)30-13-5-4-12-29(30)33/h4-18,21,36H,3,19-20H2,1-2H3. The van der Waals surface area contributed by atoms with Gasteiger partial charge in [0.15, 0.2) is 0 Å². The first-order valence-electron chi connectivity index (χ1n) is 12.6. The summed E-state index contributed by atoms with van der Waals surface area (Å²) in [7, 11) is 2.00. The third-order valence-electron chi connectivity index (χ3n) is 6.65. The predicted octanol–water partition coefficient (Wildman–Crippen LogP) is 7.59. The molecule has 1 heterocycles. The van der Waals surface area contributed by atoms with Gasteiger partial charge in [-0.2, -0.15) is 0 Å². The van der Waals surface area contributed by atoms with Crippen LogP contribution in [0.25, 0.3) is 22.0 Å². The fraction of sp³-hybridized carbons (Fsp3) is 0.156. The number of nitrogens with zero attached hydrogens (tertiary/aromatic N) is 2. The number of benzene rings is 4. The van der Waals surface area contributed by atoms with Gasteiger partial charge >= 0.3 is 5.97 Å². The van der Waals surface area contributed by atoms with Crippen molar-refractivity contribution in [1.82, 2.24) is 4.57 Å². The molecule has 4 aromatic carbocycles. The number of hydrogen-bond acceptors (Lipinski definition) is 4. The third kappa shape index (κ3) is 5.38. The van der Waals surface area contributed by atoms with Crippen LogP contribution in [0.15, 0.2) is 97.2 Å². The molecule has 0 spiro atoms. The maximum absolute atomic E-state index is 12.4. The summed E-state index contributed by atoms with van der Waals surface area (Å²) in [6.45, 7) is 2.78. The molecular formula is C32H29ClN2O3. The fourth-order valence-electron chi connectivity index (χ4n) is 4.80. The first-order chi connectivity index (χ1) is 18.4. The summed E-state index contributed by atoms with van der Waals surface area (Å²) in [5.74, 6) is -0.0209. The highest BCUT2D eigenvalue weighted by atomic mass is 35.5. The Bertz CT molecular complexity index is 1610. The van der Waals surface area contributed by atoms with Gasteiger partial charge in [-0.3, -0.25) is 4.79 Å². The van der Waals surface area contributed by atoms with Gasteiger partial charge in [0, 0.05) is 36.4 Å². The minimum atomic E-state index is -0.244. The summed E-state index contributed by atoms with van der Waals surface area (Å²) in [6.07, 6.45) is 2.25. The molecule has 0 radical (unpaired) electrons. The SMILES string of the molecule is CCOC(=O)Cc1cn(Cc2cccc(N(C)c3ccccc3Cl)c2)c2cc(-c3cccc(O)c3)ccc12. The molecule has 0 unspecified atom stereocenters. The number of anilines is 2. The first kappa shape index (κ1) is 25.4. The van der Waals surface area contributed by atoms with Crippen molar-refractivity contribution in [2.24, 2.45) is 0 Å². The Balaban J connectivity index is 1.53. The van der Waals surface area contributed by atoms with Crippen LogP contribution in [-0.2, 0) is 22.5 Å². The van der Waals surface area contributed by atoms with Crippen LogP contribution >= 0.6 is 11.6 Å². The highest BCUT2D eigenvalue weighted by Crippen LogP contribution is 2.33. The number of para-hydroxylation sites is 1. The minimum Gasteiger partial charge on any atom is -0.508 e. The molecule has 0 aliphatic rings. The van der Waals surface area contributed by atoms with Crippen LogP contribution < -0.4 is 4.90 Å². The van der Waals surface area contributed by atoms with Crippen LogP contribution in [0.4, 0.5) is 11.4 Å². The Morgan fingerprint density at radius 1 is 0.947 bits per heavy atom. The molecule has 0 bridgehead atoms. The number of aromatic hydroxyl groups is 1. The number of hydrogen-bond donors (Lipinski definition) is 1. The van der Waals surface area contributed by atoms with Crippen LogP contribution in [0, 0.1) is 0 Å². The van der Waals surface area contributed by atoms with Crippen molar-refractivity contribution in [2.75, 3.05) is 18.6 Å². The molecule has 5 nitrogen and oxygen atoms in total. The molecule has 0 atom stereocenters. The van der Waals surface area contributed by atoms with Crippen LogP contribution in [0.1, 0.15) is 18.1 Å². The van der Waals surface area contributed by atoms with E-state index in [1.54, 1.807) is 12.1 Å². The second kappa shape index (κ2) is 11.0. The summed E-state index contributed by atoms with van der Waals surface area (Å²) >= 11 is 6.45. The highest BCUT2D eigenvalue weighted by Gasteiger charge is 2.15. The van der Waals surface area contributed by atoms with Crippen molar-refractivity contribution in [1.29, 1.82) is 0 Å². The van der Waals surface area contributed by atoms with Gasteiger partial charge in [-0.05, 0) is 71.6 Å². The summed E-state index contributed by atoms with van der Waals surface area (Å²) in [6, 6.07) is 29.5. The smallest absolute Gasteiger partial charge is 0.310 e. The van der Waals surface area contributed by atoms with E-state index in [0.29, 0.717) is 18.2 Å². The number of phenols is 1. The Morgan fingerprint density at radius 3 is 2.53 bits per heavy atom. The van der Waals surface area contributed by atoms with Crippen molar-refractivity contribution >= 4 is 39.8 Å². The second-order valence-corrected chi connectivity index (χ2v) is 9.63. The van der Waals surface area contributed by atoms with E-state index in [2.05, 4.69) is 33.7 Å². The number of carbonyl (C=O) groups is 1. The number of fused-ring (bicyclic) bond motifs is 1. The summed E-state index contributed by atoms with van der Waals surface area (Å²) < 4.78 is 7.40. The van der Waals surface area contributed by atoms with Crippen molar-refractivity contribution in [3.63, 3.8) is 0 Å². The van der Waals surface area contributed by atoms with Gasteiger partial charge < -0.3 is 19.3 Å². The van der Waals surface area contributed by atoms with Crippen LogP contribution in [0.2, 0.25) is 5.02 Å². The van der Waals surface area contributed by atoms with E-state index >= 15 is 0 Å². The molecule has 192 valence electrons. The Hall–Kier alpha value is -4.22. The second-order valence-electron chi connectivity index (χ2n) is 9.23. The Kier molecular flexibility index (Phi) is 7.38. The van der Waals surface area contributed by atoms with Gasteiger partial charge in [0.1, 0.15) is 5.75 Å². The highest BCUT2D eigenvalue weighted by molar-refractivity contribution is 6.33. The molecule has 6 heteroatoms. The monoisotopic (exact) mass is 524 g/mol. The van der Waals surface area contributed by atoms with Gasteiger partial charge in [0.05, 0.1) is 23.7 Å². The quantitative estimate of drug-likeness (QED) is 0.212. The molecule has 1 aromatic heterocycles. The van der Waals surface area contributed by atoms with Gasteiger partial charge in [0.2, 0.25) is 0 Å². The predicted molar refractivity (Wildman–Crippen MR) is 154 cm³/mol. The summed E-state index contributed by atoms with van der Waals surface area (Å²) in [4.78, 5) is 14.4. The van der Waals surface area contributed by atoms with E-state index in [4.69, 9.17) is 16.3 Å². The van der Waals surface area contributed by atoms with Crippen LogP contribution in [0.5, 0.6) is 5.75 Å². The van der Waals surface area contributed by atoms with E-state index in [1.165, 1.54) is 0 Å². The first-order valence-corrected chi connectivity index (χ1v) is 12.9. The van der Waals surface area contributed by atoms with Crippen molar-refractivity contribution in [3.8, 4) is 16.9 Å². The number of rotatable bonds is 8. The Labute approximate surface area is 227 Å². The fourth-order valence-corrected chi connectivity index (χ4v) is 5.06. The van der Waals surface area contributed by atoms with Gasteiger partial charge in [-0.25, -0.2) is 0 Å². The molecule has 0 amide bonds. The van der Waals surface area contributed by atoms with E-state index in [9.17, 15) is 9.90 Å². The van der Waals surface area contributed by atoms with Gasteiger partial charge in [-0.1, -0.05) is 60.1 Å². The zero-order chi connectivity index (χ0) is 26.6. The molecule has 0 aliphatic carbocycles. The molecule has 0 aliphatic heterocycles. The molecule has 1 N–H and O–H groups in total. The van der Waals surface area contributed by atoms with E-state index < -0.39 is 0 Å². The zero-order valence-corrected chi connectivity index (χ0v) is 22.2. The zero-order valence-electron chi connectivity index (χ0n) is 21.4. The van der Waals surface area contributed by atoms with Crippen molar-refractivity contribution in [2.45, 2.75) is 19.9 Å². The molecule has 38 heavy (non-hydrogen) atoms. The molecule has 0 fully saturated rings. The number of halogens is 1. The molecule has 5 aromatic rings. The lowest BCUT2D eigenvalue weighted by atomic mass is 10.0. The molecule has 0 saturated heterocycles. The lowest BCUT2D eigenvalue weighted by molar-refractivity contribution is -0.142. The maximum atomic E-state index is 12.4. The molecule has 5 rings (SSSR count). The lowest BCUT2D eigenvalue weighted by Gasteiger charge is -2.21. The maximum Gasteiger partial charge on any atom is 0.310 e. The minimum absolute atomic E-state index is 0.206. The number of phenolic OH excluding ortho intramolecular Hbond substituents is 1. The average Bonchev–Trinajstić information content (AvgIpc) is 3.24.